The van der Waals surface area contributed by atoms with Gasteiger partial charge < -0.3 is 4.74 Å². The molecule has 1 unspecified atom stereocenters. The molecule has 0 fully saturated rings. The molecule has 0 bridgehead atoms. The summed E-state index contributed by atoms with van der Waals surface area (Å²) in [6, 6.07) is 14.4. The number of halogens is 3. The van der Waals surface area contributed by atoms with Crippen LogP contribution in [-0.2, 0) is 11.3 Å². The fourth-order valence-corrected chi connectivity index (χ4v) is 2.70. The number of hydrogen-bond acceptors (Lipinski definition) is 1. The van der Waals surface area contributed by atoms with E-state index in [2.05, 4.69) is 31.9 Å². The van der Waals surface area contributed by atoms with Crippen molar-refractivity contribution in [2.45, 2.75) is 12.7 Å². The monoisotopic (exact) mass is 386 g/mol. The van der Waals surface area contributed by atoms with Crippen LogP contribution in [0, 0.1) is 5.82 Å². The van der Waals surface area contributed by atoms with Crippen LogP contribution in [0.1, 0.15) is 17.2 Å². The Bertz CT molecular complexity index is 545. The molecule has 19 heavy (non-hydrogen) atoms. The molecule has 4 heteroatoms. The van der Waals surface area contributed by atoms with Gasteiger partial charge in [-0.2, -0.15) is 0 Å². The Morgan fingerprint density at radius 3 is 2.58 bits per heavy atom. The Kier molecular flexibility index (Phi) is 5.55. The van der Waals surface area contributed by atoms with Crippen molar-refractivity contribution in [3.63, 3.8) is 0 Å². The van der Waals surface area contributed by atoms with Crippen LogP contribution in [0.3, 0.4) is 0 Å². The molecule has 0 amide bonds. The molecule has 0 aromatic heterocycles. The van der Waals surface area contributed by atoms with E-state index in [9.17, 15) is 4.39 Å². The molecule has 0 saturated heterocycles. The maximum Gasteiger partial charge on any atom is 0.123 e. The molecule has 0 radical (unpaired) electrons. The van der Waals surface area contributed by atoms with Crippen molar-refractivity contribution in [1.82, 2.24) is 0 Å². The van der Waals surface area contributed by atoms with Crippen LogP contribution in [0.2, 0.25) is 0 Å². The van der Waals surface area contributed by atoms with Gasteiger partial charge in [0.05, 0.1) is 12.7 Å². The summed E-state index contributed by atoms with van der Waals surface area (Å²) in [7, 11) is 0. The number of benzene rings is 2. The SMILES string of the molecule is Fc1cccc(C(CBr)OCc2ccccc2Br)c1. The minimum atomic E-state index is -0.243. The number of ether oxygens (including phenoxy) is 1. The third-order valence-corrected chi connectivity index (χ3v) is 4.12. The highest BCUT2D eigenvalue weighted by molar-refractivity contribution is 9.10. The van der Waals surface area contributed by atoms with Crippen molar-refractivity contribution >= 4 is 31.9 Å². The molecule has 100 valence electrons. The Hall–Kier alpha value is -0.710. The Labute approximate surface area is 129 Å². The van der Waals surface area contributed by atoms with Crippen LogP contribution in [0.15, 0.2) is 53.0 Å². The van der Waals surface area contributed by atoms with Crippen LogP contribution in [0.25, 0.3) is 0 Å². The normalized spacial score (nSPS) is 12.4. The van der Waals surface area contributed by atoms with Crippen molar-refractivity contribution in [1.29, 1.82) is 0 Å². The highest BCUT2D eigenvalue weighted by atomic mass is 79.9. The first-order chi connectivity index (χ1) is 9.20. The summed E-state index contributed by atoms with van der Waals surface area (Å²) < 4.78 is 20.1. The second-order valence-electron chi connectivity index (χ2n) is 4.10. The molecule has 2 aromatic rings. The summed E-state index contributed by atoms with van der Waals surface area (Å²) in [6.07, 6.45) is -0.164. The van der Waals surface area contributed by atoms with Gasteiger partial charge in [-0.15, -0.1) is 0 Å². The van der Waals surface area contributed by atoms with Crippen molar-refractivity contribution in [3.8, 4) is 0 Å². The van der Waals surface area contributed by atoms with Gasteiger partial charge in [-0.1, -0.05) is 62.2 Å². The second kappa shape index (κ2) is 7.17. The van der Waals surface area contributed by atoms with Gasteiger partial charge in [0.2, 0.25) is 0 Å². The average Bonchev–Trinajstić information content (AvgIpc) is 2.41. The van der Waals surface area contributed by atoms with Gasteiger partial charge in [0.25, 0.3) is 0 Å². The van der Waals surface area contributed by atoms with Gasteiger partial charge in [-0.25, -0.2) is 4.39 Å². The second-order valence-corrected chi connectivity index (χ2v) is 5.60. The lowest BCUT2D eigenvalue weighted by Crippen LogP contribution is -2.06. The fraction of sp³-hybridized carbons (Fsp3) is 0.200. The quantitative estimate of drug-likeness (QED) is 0.637. The lowest BCUT2D eigenvalue weighted by molar-refractivity contribution is 0.0561. The summed E-state index contributed by atoms with van der Waals surface area (Å²) >= 11 is 6.89. The van der Waals surface area contributed by atoms with E-state index in [1.54, 1.807) is 6.07 Å². The molecule has 0 spiro atoms. The molecule has 0 aliphatic carbocycles. The smallest absolute Gasteiger partial charge is 0.123 e. The molecule has 0 N–H and O–H groups in total. The molecule has 2 aromatic carbocycles. The van der Waals surface area contributed by atoms with E-state index >= 15 is 0 Å². The summed E-state index contributed by atoms with van der Waals surface area (Å²) in [5, 5.41) is 0.626. The summed E-state index contributed by atoms with van der Waals surface area (Å²) in [5.74, 6) is -0.243. The van der Waals surface area contributed by atoms with Crippen LogP contribution in [0.4, 0.5) is 4.39 Å². The van der Waals surface area contributed by atoms with Crippen LogP contribution in [0.5, 0.6) is 0 Å². The number of hydrogen-bond donors (Lipinski definition) is 0. The highest BCUT2D eigenvalue weighted by Gasteiger charge is 2.12. The minimum absolute atomic E-state index is 0.164. The van der Waals surface area contributed by atoms with Gasteiger partial charge in [0, 0.05) is 9.80 Å². The van der Waals surface area contributed by atoms with E-state index in [-0.39, 0.29) is 11.9 Å². The maximum absolute atomic E-state index is 13.2. The molecule has 1 nitrogen and oxygen atoms in total. The number of alkyl halides is 1. The predicted molar refractivity (Wildman–Crippen MR) is 81.9 cm³/mol. The molecule has 0 saturated carbocycles. The molecule has 0 aliphatic rings. The fourth-order valence-electron chi connectivity index (χ4n) is 1.74. The van der Waals surface area contributed by atoms with Gasteiger partial charge >= 0.3 is 0 Å². The largest absolute Gasteiger partial charge is 0.368 e. The van der Waals surface area contributed by atoms with Gasteiger partial charge in [-0.05, 0) is 29.3 Å². The summed E-state index contributed by atoms with van der Waals surface area (Å²) in [6.45, 7) is 0.480. The van der Waals surface area contributed by atoms with E-state index < -0.39 is 0 Å². The molecular weight excluding hydrogens is 375 g/mol. The Morgan fingerprint density at radius 2 is 1.89 bits per heavy atom. The third kappa shape index (κ3) is 4.13. The predicted octanol–water partition coefficient (Wildman–Crippen LogP) is 5.24. The maximum atomic E-state index is 13.2. The zero-order chi connectivity index (χ0) is 13.7. The van der Waals surface area contributed by atoms with E-state index in [0.717, 1.165) is 15.6 Å². The van der Waals surface area contributed by atoms with E-state index in [0.29, 0.717) is 11.9 Å². The van der Waals surface area contributed by atoms with Crippen molar-refractivity contribution in [2.24, 2.45) is 0 Å². The van der Waals surface area contributed by atoms with E-state index in [4.69, 9.17) is 4.74 Å². The molecule has 2 rings (SSSR count). The lowest BCUT2D eigenvalue weighted by atomic mass is 10.1. The van der Waals surface area contributed by atoms with Gasteiger partial charge in [0.15, 0.2) is 0 Å². The van der Waals surface area contributed by atoms with Crippen molar-refractivity contribution in [2.75, 3.05) is 5.33 Å². The molecule has 0 heterocycles. The average molecular weight is 388 g/mol. The van der Waals surface area contributed by atoms with Gasteiger partial charge in [0.1, 0.15) is 5.82 Å². The third-order valence-electron chi connectivity index (χ3n) is 2.76. The van der Waals surface area contributed by atoms with Crippen LogP contribution < -0.4 is 0 Å². The highest BCUT2D eigenvalue weighted by Crippen LogP contribution is 2.24. The topological polar surface area (TPSA) is 9.23 Å². The minimum Gasteiger partial charge on any atom is -0.368 e. The first-order valence-corrected chi connectivity index (χ1v) is 7.78. The van der Waals surface area contributed by atoms with Crippen LogP contribution in [-0.4, -0.2) is 5.33 Å². The van der Waals surface area contributed by atoms with Crippen molar-refractivity contribution in [3.05, 3.63) is 69.9 Å². The van der Waals surface area contributed by atoms with Crippen molar-refractivity contribution < 1.29 is 9.13 Å². The first-order valence-electron chi connectivity index (χ1n) is 5.87. The first kappa shape index (κ1) is 14.7. The summed E-state index contributed by atoms with van der Waals surface area (Å²) in [4.78, 5) is 0. The van der Waals surface area contributed by atoms with E-state index in [1.165, 1.54) is 12.1 Å². The van der Waals surface area contributed by atoms with E-state index in [1.807, 2.05) is 30.3 Å². The van der Waals surface area contributed by atoms with Gasteiger partial charge in [-0.3, -0.25) is 0 Å². The Balaban J connectivity index is 2.06. The zero-order valence-corrected chi connectivity index (χ0v) is 13.3. The van der Waals surface area contributed by atoms with Crippen LogP contribution >= 0.6 is 31.9 Å². The summed E-state index contributed by atoms with van der Waals surface area (Å²) in [5.41, 5.74) is 1.91. The zero-order valence-electron chi connectivity index (χ0n) is 10.2. The number of rotatable bonds is 5. The molecule has 0 aliphatic heterocycles. The standard InChI is InChI=1S/C15H13Br2FO/c16-9-15(11-5-3-6-13(18)8-11)19-10-12-4-1-2-7-14(12)17/h1-8,15H,9-10H2. The Morgan fingerprint density at radius 1 is 1.11 bits per heavy atom. The lowest BCUT2D eigenvalue weighted by Gasteiger charge is -2.16. The molecular formula is C15H13Br2FO. The molecule has 1 atom stereocenters.